The number of rotatable bonds is 4. The van der Waals surface area contributed by atoms with Crippen molar-refractivity contribution in [1.82, 2.24) is 15.0 Å². The molecule has 0 aliphatic heterocycles. The Morgan fingerprint density at radius 3 is 2.62 bits per heavy atom. The van der Waals surface area contributed by atoms with Crippen LogP contribution in [-0.2, 0) is 21.6 Å². The van der Waals surface area contributed by atoms with Crippen molar-refractivity contribution < 1.29 is 21.8 Å². The normalized spacial score (nSPS) is 11.4. The first-order valence-electron chi connectivity index (χ1n) is 5.87. The predicted octanol–water partition coefficient (Wildman–Crippen LogP) is 1.44. The number of aryl methyl sites for hydroxylation is 2. The molecule has 9 heteroatoms. The van der Waals surface area contributed by atoms with E-state index >= 15 is 0 Å². The summed E-state index contributed by atoms with van der Waals surface area (Å²) < 4.78 is 39.0. The molecule has 0 aliphatic carbocycles. The summed E-state index contributed by atoms with van der Waals surface area (Å²) in [5.41, 5.74) is 1.09. The van der Waals surface area contributed by atoms with Crippen LogP contribution in [0.15, 0.2) is 23.2 Å². The average molecular weight is 313 g/mol. The van der Waals surface area contributed by atoms with Gasteiger partial charge in [-0.3, -0.25) is 0 Å². The third-order valence-electron chi connectivity index (χ3n) is 2.53. The topological polar surface area (TPSA) is 102 Å². The zero-order chi connectivity index (χ0) is 15.6. The number of nitrogens with zero attached hydrogens (tertiary/aromatic N) is 2. The third-order valence-corrected chi connectivity index (χ3v) is 3.33. The number of esters is 1. The molecule has 2 aromatic rings. The Labute approximate surface area is 120 Å². The largest absolute Gasteiger partial charge is 0.455 e. The van der Waals surface area contributed by atoms with Gasteiger partial charge in [-0.2, -0.15) is 8.42 Å². The number of hydrogen-bond acceptors (Lipinski definition) is 6. The molecule has 0 amide bonds. The van der Waals surface area contributed by atoms with E-state index in [-0.39, 0.29) is 12.3 Å². The molecule has 0 aromatic carbocycles. The third kappa shape index (κ3) is 3.85. The molecule has 0 atom stereocenters. The molecule has 2 aromatic heterocycles. The first-order valence-corrected chi connectivity index (χ1v) is 7.25. The second kappa shape index (κ2) is 5.60. The number of ether oxygens (including phenoxy) is 1. The molecule has 0 unspecified atom stereocenters. The molecular weight excluding hydrogens is 301 g/mol. The van der Waals surface area contributed by atoms with Gasteiger partial charge >= 0.3 is 16.2 Å². The van der Waals surface area contributed by atoms with Crippen LogP contribution in [0.1, 0.15) is 27.7 Å². The second-order valence-electron chi connectivity index (χ2n) is 4.31. The lowest BCUT2D eigenvalue weighted by Gasteiger charge is -2.04. The molecule has 0 saturated carbocycles. The van der Waals surface area contributed by atoms with Crippen LogP contribution < -0.4 is 0 Å². The van der Waals surface area contributed by atoms with Crippen LogP contribution in [0.2, 0.25) is 0 Å². The van der Waals surface area contributed by atoms with Gasteiger partial charge in [0.15, 0.2) is 0 Å². The first-order chi connectivity index (χ1) is 9.75. The van der Waals surface area contributed by atoms with Crippen LogP contribution in [0.5, 0.6) is 0 Å². The van der Waals surface area contributed by atoms with Gasteiger partial charge in [0.25, 0.3) is 0 Å². The fraction of sp³-hybridized carbons (Fsp3) is 0.250. The van der Waals surface area contributed by atoms with Crippen molar-refractivity contribution in [2.45, 2.75) is 25.3 Å². The van der Waals surface area contributed by atoms with Crippen LogP contribution in [0.25, 0.3) is 0 Å². The Kier molecular flexibility index (Phi) is 4.03. The van der Waals surface area contributed by atoms with E-state index in [9.17, 15) is 17.1 Å². The van der Waals surface area contributed by atoms with Crippen molar-refractivity contribution in [1.29, 1.82) is 0 Å². The summed E-state index contributed by atoms with van der Waals surface area (Å²) in [5, 5.41) is 0. The van der Waals surface area contributed by atoms with E-state index in [1.165, 1.54) is 0 Å². The van der Waals surface area contributed by atoms with Gasteiger partial charge in [0.05, 0.1) is 5.69 Å². The maximum atomic E-state index is 12.7. The Bertz CT molecular complexity index is 765. The lowest BCUT2D eigenvalue weighted by atomic mass is 10.3. The van der Waals surface area contributed by atoms with E-state index in [2.05, 4.69) is 15.0 Å². The van der Waals surface area contributed by atoms with E-state index in [4.69, 9.17) is 4.74 Å². The number of hydrogen-bond donors (Lipinski definition) is 1. The predicted molar refractivity (Wildman–Crippen MR) is 69.7 cm³/mol. The maximum absolute atomic E-state index is 12.7. The Morgan fingerprint density at radius 2 is 2.05 bits per heavy atom. The summed E-state index contributed by atoms with van der Waals surface area (Å²) in [4.78, 5) is 21.6. The van der Waals surface area contributed by atoms with Crippen molar-refractivity contribution in [2.75, 3.05) is 0 Å². The minimum Gasteiger partial charge on any atom is -0.455 e. The van der Waals surface area contributed by atoms with Crippen LogP contribution in [-0.4, -0.2) is 29.3 Å². The van der Waals surface area contributed by atoms with Gasteiger partial charge in [0.1, 0.15) is 23.0 Å². The van der Waals surface area contributed by atoms with Gasteiger partial charge in [-0.15, -0.1) is 3.89 Å². The van der Waals surface area contributed by atoms with Gasteiger partial charge in [-0.1, -0.05) is 0 Å². The lowest BCUT2D eigenvalue weighted by Crippen LogP contribution is -2.07. The molecule has 112 valence electrons. The quantitative estimate of drug-likeness (QED) is 0.677. The smallest absolute Gasteiger partial charge is 0.355 e. The molecule has 1 N–H and O–H groups in total. The van der Waals surface area contributed by atoms with Crippen LogP contribution in [0.3, 0.4) is 0 Å². The monoisotopic (exact) mass is 313 g/mol. The Morgan fingerprint density at radius 1 is 1.33 bits per heavy atom. The van der Waals surface area contributed by atoms with Gasteiger partial charge in [-0.25, -0.2) is 14.8 Å². The highest BCUT2D eigenvalue weighted by molar-refractivity contribution is 7.86. The maximum Gasteiger partial charge on any atom is 0.355 e. The number of aromatic nitrogens is 3. The Hall–Kier alpha value is -2.29. The summed E-state index contributed by atoms with van der Waals surface area (Å²) in [6.07, 6.45) is 0.880. The minimum atomic E-state index is -4.85. The first kappa shape index (κ1) is 15.1. The number of halogens is 1. The van der Waals surface area contributed by atoms with Crippen molar-refractivity contribution in [3.05, 3.63) is 41.2 Å². The fourth-order valence-corrected chi connectivity index (χ4v) is 2.18. The Balaban J connectivity index is 2.06. The number of carbonyl (C=O) groups excluding carboxylic acids is 1. The van der Waals surface area contributed by atoms with E-state index in [1.54, 1.807) is 19.9 Å². The van der Waals surface area contributed by atoms with E-state index in [0.29, 0.717) is 11.5 Å². The molecule has 0 bridgehead atoms. The molecule has 0 spiro atoms. The lowest BCUT2D eigenvalue weighted by molar-refractivity contribution is 0.0461. The molecule has 21 heavy (non-hydrogen) atoms. The fourth-order valence-electron chi connectivity index (χ4n) is 1.72. The van der Waals surface area contributed by atoms with Crippen molar-refractivity contribution in [3.8, 4) is 0 Å². The molecule has 2 heterocycles. The van der Waals surface area contributed by atoms with Gasteiger partial charge < -0.3 is 9.72 Å². The van der Waals surface area contributed by atoms with Crippen LogP contribution >= 0.6 is 0 Å². The van der Waals surface area contributed by atoms with Crippen LogP contribution in [0.4, 0.5) is 3.89 Å². The SMILES string of the molecule is Cc1cc(COC(=O)c2cc(S(=O)(=O)F)c[nH]2)nc(C)n1. The zero-order valence-corrected chi connectivity index (χ0v) is 12.1. The summed E-state index contributed by atoms with van der Waals surface area (Å²) in [7, 11) is -4.85. The molecular formula is C12H12FN3O4S. The molecule has 0 saturated heterocycles. The molecule has 7 nitrogen and oxygen atoms in total. The average Bonchev–Trinajstić information content (AvgIpc) is 2.84. The molecule has 0 fully saturated rings. The van der Waals surface area contributed by atoms with E-state index in [0.717, 1.165) is 18.0 Å². The van der Waals surface area contributed by atoms with Gasteiger partial charge in [0.2, 0.25) is 0 Å². The number of aromatic amines is 1. The highest BCUT2D eigenvalue weighted by Gasteiger charge is 2.18. The molecule has 0 radical (unpaired) electrons. The molecule has 2 rings (SSSR count). The van der Waals surface area contributed by atoms with Gasteiger partial charge in [0, 0.05) is 11.9 Å². The highest BCUT2D eigenvalue weighted by Crippen LogP contribution is 2.14. The number of H-pyrrole nitrogens is 1. The summed E-state index contributed by atoms with van der Waals surface area (Å²) in [6, 6.07) is 2.53. The summed E-state index contributed by atoms with van der Waals surface area (Å²) >= 11 is 0. The van der Waals surface area contributed by atoms with Crippen molar-refractivity contribution in [2.24, 2.45) is 0 Å². The molecule has 0 aliphatic rings. The number of carbonyl (C=O) groups is 1. The van der Waals surface area contributed by atoms with Crippen molar-refractivity contribution >= 4 is 16.2 Å². The second-order valence-corrected chi connectivity index (χ2v) is 5.66. The minimum absolute atomic E-state index is 0.0975. The highest BCUT2D eigenvalue weighted by atomic mass is 32.3. The van der Waals surface area contributed by atoms with E-state index < -0.39 is 21.1 Å². The summed E-state index contributed by atoms with van der Waals surface area (Å²) in [6.45, 7) is 3.39. The van der Waals surface area contributed by atoms with E-state index in [1.807, 2.05) is 0 Å². The summed E-state index contributed by atoms with van der Waals surface area (Å²) in [5.74, 6) is -0.259. The van der Waals surface area contributed by atoms with Crippen LogP contribution in [0, 0.1) is 13.8 Å². The standard InChI is InChI=1S/C12H12FN3O4S/c1-7-3-9(16-8(2)15-7)6-20-12(17)11-4-10(5-14-11)21(13,18)19/h3-5,14H,6H2,1-2H3. The number of nitrogens with one attached hydrogen (secondary N) is 1. The van der Waals surface area contributed by atoms with Crippen molar-refractivity contribution in [3.63, 3.8) is 0 Å². The zero-order valence-electron chi connectivity index (χ0n) is 11.3. The van der Waals surface area contributed by atoms with Gasteiger partial charge in [-0.05, 0) is 26.0 Å².